The van der Waals surface area contributed by atoms with E-state index in [9.17, 15) is 14.9 Å². The highest BCUT2D eigenvalue weighted by Gasteiger charge is 2.17. The van der Waals surface area contributed by atoms with E-state index in [0.29, 0.717) is 32.7 Å². The van der Waals surface area contributed by atoms with Gasteiger partial charge in [0.1, 0.15) is 25.1 Å². The number of allylic oxidation sites excluding steroid dienone is 1. The van der Waals surface area contributed by atoms with Crippen molar-refractivity contribution in [3.63, 3.8) is 0 Å². The van der Waals surface area contributed by atoms with Crippen LogP contribution in [0.15, 0.2) is 54.7 Å². The molecule has 0 amide bonds. The summed E-state index contributed by atoms with van der Waals surface area (Å²) in [5, 5.41) is 12.0. The Morgan fingerprint density at radius 3 is 2.63 bits per heavy atom. The molecule has 1 heterocycles. The van der Waals surface area contributed by atoms with Crippen molar-refractivity contribution in [1.29, 1.82) is 0 Å². The fourth-order valence-electron chi connectivity index (χ4n) is 2.75. The predicted molar refractivity (Wildman–Crippen MR) is 115 cm³/mol. The average Bonchev–Trinajstić information content (AvgIpc) is 3.08. The van der Waals surface area contributed by atoms with E-state index >= 15 is 0 Å². The Balaban J connectivity index is 1.58. The van der Waals surface area contributed by atoms with Crippen LogP contribution in [0, 0.1) is 17.0 Å². The van der Waals surface area contributed by atoms with Crippen LogP contribution < -0.4 is 4.74 Å². The van der Waals surface area contributed by atoms with E-state index in [-0.39, 0.29) is 24.8 Å². The van der Waals surface area contributed by atoms with Gasteiger partial charge in [0.2, 0.25) is 0 Å². The van der Waals surface area contributed by atoms with E-state index in [2.05, 4.69) is 4.98 Å². The molecule has 0 fully saturated rings. The quantitative estimate of drug-likeness (QED) is 0.201. The molecule has 0 saturated carbocycles. The summed E-state index contributed by atoms with van der Waals surface area (Å²) in [5.74, 6) is 0.831. The Labute approximate surface area is 182 Å². The molecule has 0 saturated heterocycles. The lowest BCUT2D eigenvalue weighted by Crippen LogP contribution is -2.11. The first-order valence-electron chi connectivity index (χ1n) is 8.92. The van der Waals surface area contributed by atoms with Gasteiger partial charge in [-0.25, -0.2) is 9.55 Å². The standard InChI is InChI=1S/C21H17Cl2N3O4/c1-14-24-13-21(26(28)29)25(14)10-11-30-18-7-3-16(4-8-18)20(27)9-5-15-2-6-17(22)12-19(15)23/h2-9,12-13H,10-11H2,1H3/b9-5+. The van der Waals surface area contributed by atoms with Crippen LogP contribution in [0.25, 0.3) is 6.08 Å². The van der Waals surface area contributed by atoms with Crippen LogP contribution in [0.3, 0.4) is 0 Å². The predicted octanol–water partition coefficient (Wildman–Crippen LogP) is 5.38. The third-order valence-corrected chi connectivity index (χ3v) is 4.88. The zero-order chi connectivity index (χ0) is 21.7. The zero-order valence-electron chi connectivity index (χ0n) is 15.9. The molecule has 0 bridgehead atoms. The van der Waals surface area contributed by atoms with Crippen molar-refractivity contribution < 1.29 is 14.5 Å². The highest BCUT2D eigenvalue weighted by Crippen LogP contribution is 2.22. The van der Waals surface area contributed by atoms with Crippen LogP contribution in [0.1, 0.15) is 21.7 Å². The summed E-state index contributed by atoms with van der Waals surface area (Å²) < 4.78 is 7.11. The Hall–Kier alpha value is -3.16. The summed E-state index contributed by atoms with van der Waals surface area (Å²) in [5.41, 5.74) is 1.18. The minimum absolute atomic E-state index is 0.0791. The molecule has 0 spiro atoms. The summed E-state index contributed by atoms with van der Waals surface area (Å²) >= 11 is 12.0. The molecule has 0 N–H and O–H groups in total. The normalized spacial score (nSPS) is 11.0. The van der Waals surface area contributed by atoms with E-state index in [0.717, 1.165) is 0 Å². The molecule has 154 valence electrons. The maximum Gasteiger partial charge on any atom is 0.342 e. The number of carbonyl (C=O) groups excluding carboxylic acids is 1. The van der Waals surface area contributed by atoms with E-state index in [1.807, 2.05) is 0 Å². The number of ketones is 1. The van der Waals surface area contributed by atoms with Gasteiger partial charge in [-0.15, -0.1) is 0 Å². The number of nitro groups is 1. The van der Waals surface area contributed by atoms with Crippen LogP contribution in [0.5, 0.6) is 5.75 Å². The number of hydrogen-bond donors (Lipinski definition) is 0. The fraction of sp³-hybridized carbons (Fsp3) is 0.143. The number of benzene rings is 2. The SMILES string of the molecule is Cc1ncc([N+](=O)[O-])n1CCOc1ccc(C(=O)/C=C/c2ccc(Cl)cc2Cl)cc1. The highest BCUT2D eigenvalue weighted by molar-refractivity contribution is 6.35. The van der Waals surface area contributed by atoms with Crippen molar-refractivity contribution in [2.24, 2.45) is 0 Å². The monoisotopic (exact) mass is 445 g/mol. The zero-order valence-corrected chi connectivity index (χ0v) is 17.4. The molecular formula is C21H17Cl2N3O4. The molecule has 0 aliphatic rings. The molecule has 7 nitrogen and oxygen atoms in total. The molecule has 2 aromatic carbocycles. The Kier molecular flexibility index (Phi) is 6.87. The molecule has 3 rings (SSSR count). The van der Waals surface area contributed by atoms with Crippen LogP contribution in [-0.2, 0) is 6.54 Å². The number of ether oxygens (including phenoxy) is 1. The molecule has 0 radical (unpaired) electrons. The Morgan fingerprint density at radius 1 is 1.23 bits per heavy atom. The largest absolute Gasteiger partial charge is 0.489 e. The lowest BCUT2D eigenvalue weighted by molar-refractivity contribution is -0.392. The van der Waals surface area contributed by atoms with Crippen molar-refractivity contribution in [3.05, 3.63) is 91.8 Å². The number of aryl methyl sites for hydroxylation is 1. The molecule has 0 aliphatic carbocycles. The summed E-state index contributed by atoms with van der Waals surface area (Å²) in [4.78, 5) is 26.8. The Bertz CT molecular complexity index is 1110. The van der Waals surface area contributed by atoms with Crippen molar-refractivity contribution >= 4 is 40.9 Å². The lowest BCUT2D eigenvalue weighted by atomic mass is 10.1. The molecular weight excluding hydrogens is 429 g/mol. The fourth-order valence-corrected chi connectivity index (χ4v) is 3.22. The summed E-state index contributed by atoms with van der Waals surface area (Å²) in [6, 6.07) is 11.7. The van der Waals surface area contributed by atoms with Crippen molar-refractivity contribution in [1.82, 2.24) is 9.55 Å². The number of nitrogens with zero attached hydrogens (tertiary/aromatic N) is 3. The van der Waals surface area contributed by atoms with Crippen molar-refractivity contribution in [3.8, 4) is 5.75 Å². The first kappa shape index (κ1) is 21.5. The van der Waals surface area contributed by atoms with E-state index in [1.165, 1.54) is 16.8 Å². The second-order valence-electron chi connectivity index (χ2n) is 6.31. The van der Waals surface area contributed by atoms with Gasteiger partial charge in [-0.05, 0) is 59.0 Å². The molecule has 3 aromatic rings. The van der Waals surface area contributed by atoms with Gasteiger partial charge in [0.25, 0.3) is 0 Å². The third-order valence-electron chi connectivity index (χ3n) is 4.32. The minimum atomic E-state index is -0.481. The van der Waals surface area contributed by atoms with Gasteiger partial charge in [0.05, 0.1) is 0 Å². The molecule has 9 heteroatoms. The number of halogens is 2. The van der Waals surface area contributed by atoms with Gasteiger partial charge in [-0.2, -0.15) is 0 Å². The van der Waals surface area contributed by atoms with E-state index in [4.69, 9.17) is 27.9 Å². The molecule has 0 unspecified atom stereocenters. The number of carbonyl (C=O) groups is 1. The molecule has 30 heavy (non-hydrogen) atoms. The summed E-state index contributed by atoms with van der Waals surface area (Å²) in [7, 11) is 0. The second-order valence-corrected chi connectivity index (χ2v) is 7.15. The van der Waals surface area contributed by atoms with Gasteiger partial charge < -0.3 is 14.9 Å². The number of hydrogen-bond acceptors (Lipinski definition) is 5. The van der Waals surface area contributed by atoms with Gasteiger partial charge >= 0.3 is 5.82 Å². The highest BCUT2D eigenvalue weighted by atomic mass is 35.5. The topological polar surface area (TPSA) is 87.3 Å². The molecule has 0 aliphatic heterocycles. The van der Waals surface area contributed by atoms with E-state index in [1.54, 1.807) is 55.5 Å². The summed E-state index contributed by atoms with van der Waals surface area (Å²) in [6.45, 7) is 2.20. The van der Waals surface area contributed by atoms with Gasteiger partial charge in [0, 0.05) is 22.5 Å². The van der Waals surface area contributed by atoms with Gasteiger partial charge in [-0.3, -0.25) is 4.79 Å². The molecule has 0 atom stereocenters. The smallest absolute Gasteiger partial charge is 0.342 e. The maximum absolute atomic E-state index is 12.3. The van der Waals surface area contributed by atoms with E-state index < -0.39 is 4.92 Å². The summed E-state index contributed by atoms with van der Waals surface area (Å²) in [6.07, 6.45) is 4.29. The van der Waals surface area contributed by atoms with Crippen LogP contribution >= 0.6 is 23.2 Å². The van der Waals surface area contributed by atoms with Gasteiger partial charge in [-0.1, -0.05) is 29.3 Å². The Morgan fingerprint density at radius 2 is 1.97 bits per heavy atom. The average molecular weight is 446 g/mol. The third kappa shape index (κ3) is 5.25. The maximum atomic E-state index is 12.3. The first-order chi connectivity index (χ1) is 14.3. The first-order valence-corrected chi connectivity index (χ1v) is 9.67. The van der Waals surface area contributed by atoms with Crippen LogP contribution in [-0.4, -0.2) is 26.9 Å². The minimum Gasteiger partial charge on any atom is -0.489 e. The van der Waals surface area contributed by atoms with Gasteiger partial charge in [0.15, 0.2) is 11.6 Å². The lowest BCUT2D eigenvalue weighted by Gasteiger charge is -2.07. The van der Waals surface area contributed by atoms with Crippen molar-refractivity contribution in [2.45, 2.75) is 13.5 Å². The number of aromatic nitrogens is 2. The number of imidazole rings is 1. The number of rotatable bonds is 8. The second kappa shape index (κ2) is 9.56. The van der Waals surface area contributed by atoms with Crippen LogP contribution in [0.4, 0.5) is 5.82 Å². The molecule has 1 aromatic heterocycles. The van der Waals surface area contributed by atoms with Crippen LogP contribution in [0.2, 0.25) is 10.0 Å². The van der Waals surface area contributed by atoms with Crippen molar-refractivity contribution in [2.75, 3.05) is 6.61 Å².